The van der Waals surface area contributed by atoms with Gasteiger partial charge in [0, 0.05) is 19.1 Å². The van der Waals surface area contributed by atoms with Crippen LogP contribution in [0.25, 0.3) is 0 Å². The summed E-state index contributed by atoms with van der Waals surface area (Å²) in [6.07, 6.45) is 1.35. The Morgan fingerprint density at radius 1 is 1.25 bits per heavy atom. The summed E-state index contributed by atoms with van der Waals surface area (Å²) in [7, 11) is 0. The maximum absolute atomic E-state index is 6.22. The Kier molecular flexibility index (Phi) is 5.44. The number of hydrogen-bond acceptors (Lipinski definition) is 3. The van der Waals surface area contributed by atoms with Crippen molar-refractivity contribution in [3.8, 4) is 5.75 Å². The molecule has 1 aromatic carbocycles. The van der Waals surface area contributed by atoms with Crippen LogP contribution in [-0.4, -0.2) is 31.4 Å². The molecule has 0 heterocycles. The molecule has 0 aliphatic heterocycles. The molecule has 112 valence electrons. The fourth-order valence-corrected chi connectivity index (χ4v) is 2.80. The minimum Gasteiger partial charge on any atom is -0.487 e. The molecule has 3 atom stereocenters. The van der Waals surface area contributed by atoms with Crippen LogP contribution in [0, 0.1) is 0 Å². The van der Waals surface area contributed by atoms with E-state index in [2.05, 4.69) is 44.3 Å². The molecule has 20 heavy (non-hydrogen) atoms. The van der Waals surface area contributed by atoms with Crippen molar-refractivity contribution in [1.29, 1.82) is 0 Å². The summed E-state index contributed by atoms with van der Waals surface area (Å²) in [5.41, 5.74) is 1.27. The van der Waals surface area contributed by atoms with E-state index in [4.69, 9.17) is 9.47 Å². The van der Waals surface area contributed by atoms with Gasteiger partial charge in [0.15, 0.2) is 0 Å². The number of benzene rings is 1. The topological polar surface area (TPSA) is 30.5 Å². The molecule has 1 saturated carbocycles. The zero-order valence-corrected chi connectivity index (χ0v) is 13.1. The van der Waals surface area contributed by atoms with Crippen LogP contribution in [-0.2, 0) is 4.74 Å². The SMILES string of the molecule is CCNC1CC(Oc2ccccc2C(C)C)C1OCC. The summed E-state index contributed by atoms with van der Waals surface area (Å²) < 4.78 is 12.1. The van der Waals surface area contributed by atoms with Gasteiger partial charge >= 0.3 is 0 Å². The number of para-hydroxylation sites is 1. The number of hydrogen-bond donors (Lipinski definition) is 1. The Balaban J connectivity index is 2.03. The van der Waals surface area contributed by atoms with Crippen LogP contribution in [0.4, 0.5) is 0 Å². The molecule has 0 saturated heterocycles. The lowest BCUT2D eigenvalue weighted by Crippen LogP contribution is -2.61. The number of likely N-dealkylation sites (N-methyl/N-ethyl adjacent to an activating group) is 1. The van der Waals surface area contributed by atoms with Crippen LogP contribution < -0.4 is 10.1 Å². The smallest absolute Gasteiger partial charge is 0.128 e. The Morgan fingerprint density at radius 2 is 2.00 bits per heavy atom. The lowest BCUT2D eigenvalue weighted by molar-refractivity contribution is -0.104. The largest absolute Gasteiger partial charge is 0.487 e. The Morgan fingerprint density at radius 3 is 2.65 bits per heavy atom. The average molecular weight is 277 g/mol. The normalized spacial score (nSPS) is 25.6. The molecule has 3 nitrogen and oxygen atoms in total. The van der Waals surface area contributed by atoms with E-state index in [1.807, 2.05) is 13.0 Å². The summed E-state index contributed by atoms with van der Waals surface area (Å²) in [5, 5.41) is 3.47. The van der Waals surface area contributed by atoms with Gasteiger partial charge in [0.25, 0.3) is 0 Å². The minimum atomic E-state index is 0.166. The van der Waals surface area contributed by atoms with Gasteiger partial charge in [-0.2, -0.15) is 0 Å². The van der Waals surface area contributed by atoms with Crippen molar-refractivity contribution in [3.63, 3.8) is 0 Å². The zero-order valence-electron chi connectivity index (χ0n) is 13.1. The number of ether oxygens (including phenoxy) is 2. The molecule has 0 bridgehead atoms. The van der Waals surface area contributed by atoms with E-state index in [0.29, 0.717) is 12.0 Å². The van der Waals surface area contributed by atoms with Gasteiger partial charge in [-0.05, 0) is 31.0 Å². The molecule has 3 heteroatoms. The highest BCUT2D eigenvalue weighted by atomic mass is 16.5. The molecule has 0 aromatic heterocycles. The zero-order chi connectivity index (χ0) is 14.5. The van der Waals surface area contributed by atoms with Crippen molar-refractivity contribution in [2.24, 2.45) is 0 Å². The molecule has 0 radical (unpaired) electrons. The number of nitrogens with one attached hydrogen (secondary N) is 1. The third kappa shape index (κ3) is 3.33. The summed E-state index contributed by atoms with van der Waals surface area (Å²) in [6.45, 7) is 10.3. The van der Waals surface area contributed by atoms with Crippen molar-refractivity contribution in [2.75, 3.05) is 13.2 Å². The van der Waals surface area contributed by atoms with E-state index >= 15 is 0 Å². The molecule has 1 N–H and O–H groups in total. The van der Waals surface area contributed by atoms with Gasteiger partial charge in [0.2, 0.25) is 0 Å². The average Bonchev–Trinajstić information content (AvgIpc) is 2.44. The molecule has 1 aromatic rings. The maximum Gasteiger partial charge on any atom is 0.128 e. The lowest BCUT2D eigenvalue weighted by Gasteiger charge is -2.44. The summed E-state index contributed by atoms with van der Waals surface area (Å²) >= 11 is 0. The first-order valence-corrected chi connectivity index (χ1v) is 7.77. The van der Waals surface area contributed by atoms with Crippen molar-refractivity contribution < 1.29 is 9.47 Å². The Bertz CT molecular complexity index is 419. The van der Waals surface area contributed by atoms with Crippen molar-refractivity contribution in [1.82, 2.24) is 5.32 Å². The standard InChI is InChI=1S/C17H27NO2/c1-5-18-14-11-16(17(14)19-6-2)20-15-10-8-7-9-13(15)12(3)4/h7-10,12,14,16-18H,5-6,11H2,1-4H3. The van der Waals surface area contributed by atoms with Gasteiger partial charge in [-0.25, -0.2) is 0 Å². The van der Waals surface area contributed by atoms with Gasteiger partial charge in [0.1, 0.15) is 18.0 Å². The van der Waals surface area contributed by atoms with Crippen LogP contribution in [0.2, 0.25) is 0 Å². The van der Waals surface area contributed by atoms with Crippen molar-refractivity contribution in [2.45, 2.75) is 58.3 Å². The Labute approximate surface area is 122 Å². The second kappa shape index (κ2) is 7.09. The quantitative estimate of drug-likeness (QED) is 0.829. The first kappa shape index (κ1) is 15.3. The predicted molar refractivity (Wildman–Crippen MR) is 82.4 cm³/mol. The van der Waals surface area contributed by atoms with E-state index in [0.717, 1.165) is 25.3 Å². The highest BCUT2D eigenvalue weighted by Crippen LogP contribution is 2.33. The van der Waals surface area contributed by atoms with E-state index < -0.39 is 0 Å². The lowest BCUT2D eigenvalue weighted by atomic mass is 9.85. The summed E-state index contributed by atoms with van der Waals surface area (Å²) in [4.78, 5) is 0. The summed E-state index contributed by atoms with van der Waals surface area (Å²) in [6, 6.07) is 8.76. The molecule has 3 unspecified atom stereocenters. The van der Waals surface area contributed by atoms with Crippen LogP contribution in [0.5, 0.6) is 5.75 Å². The third-order valence-corrected chi connectivity index (χ3v) is 3.89. The van der Waals surface area contributed by atoms with Crippen LogP contribution in [0.3, 0.4) is 0 Å². The number of rotatable bonds is 7. The molecule has 1 aliphatic rings. The van der Waals surface area contributed by atoms with Gasteiger partial charge in [0.05, 0.1) is 0 Å². The van der Waals surface area contributed by atoms with E-state index in [1.165, 1.54) is 5.56 Å². The van der Waals surface area contributed by atoms with E-state index in [-0.39, 0.29) is 12.2 Å². The molecule has 0 spiro atoms. The fraction of sp³-hybridized carbons (Fsp3) is 0.647. The monoisotopic (exact) mass is 277 g/mol. The highest BCUT2D eigenvalue weighted by molar-refractivity contribution is 5.36. The maximum atomic E-state index is 6.22. The summed E-state index contributed by atoms with van der Waals surface area (Å²) in [5.74, 6) is 1.48. The highest BCUT2D eigenvalue weighted by Gasteiger charge is 2.43. The van der Waals surface area contributed by atoms with Crippen LogP contribution in [0.15, 0.2) is 24.3 Å². The van der Waals surface area contributed by atoms with Gasteiger partial charge in [-0.1, -0.05) is 39.0 Å². The van der Waals surface area contributed by atoms with E-state index in [1.54, 1.807) is 0 Å². The molecular formula is C17H27NO2. The van der Waals surface area contributed by atoms with Crippen molar-refractivity contribution in [3.05, 3.63) is 29.8 Å². The van der Waals surface area contributed by atoms with Gasteiger partial charge in [-0.15, -0.1) is 0 Å². The third-order valence-electron chi connectivity index (χ3n) is 3.89. The van der Waals surface area contributed by atoms with Crippen molar-refractivity contribution >= 4 is 0 Å². The minimum absolute atomic E-state index is 0.166. The first-order chi connectivity index (χ1) is 9.67. The molecule has 1 aliphatic carbocycles. The van der Waals surface area contributed by atoms with Gasteiger partial charge in [-0.3, -0.25) is 0 Å². The Hall–Kier alpha value is -1.06. The molecular weight excluding hydrogens is 250 g/mol. The fourth-order valence-electron chi connectivity index (χ4n) is 2.80. The predicted octanol–water partition coefficient (Wildman–Crippen LogP) is 3.34. The van der Waals surface area contributed by atoms with E-state index in [9.17, 15) is 0 Å². The van der Waals surface area contributed by atoms with Crippen LogP contribution in [0.1, 0.15) is 45.6 Å². The second-order valence-corrected chi connectivity index (χ2v) is 5.67. The first-order valence-electron chi connectivity index (χ1n) is 7.77. The molecule has 0 amide bonds. The molecule has 2 rings (SSSR count). The second-order valence-electron chi connectivity index (χ2n) is 5.67. The van der Waals surface area contributed by atoms with Crippen LogP contribution >= 0.6 is 0 Å². The molecule has 1 fully saturated rings. The van der Waals surface area contributed by atoms with Gasteiger partial charge < -0.3 is 14.8 Å².